The average molecular weight is 518 g/mol. The number of methoxy groups -OCH3 is 1. The van der Waals surface area contributed by atoms with Gasteiger partial charge in [-0.15, -0.1) is 11.8 Å². The lowest BCUT2D eigenvalue weighted by Crippen LogP contribution is -2.41. The van der Waals surface area contributed by atoms with Crippen molar-refractivity contribution >= 4 is 50.9 Å². The quantitative estimate of drug-likeness (QED) is 0.586. The van der Waals surface area contributed by atoms with Crippen LogP contribution in [0.4, 0.5) is 11.4 Å². The van der Waals surface area contributed by atoms with Gasteiger partial charge < -0.3 is 15.0 Å². The maximum atomic E-state index is 13.2. The summed E-state index contributed by atoms with van der Waals surface area (Å²) in [5, 5.41) is 2.73. The standard InChI is InChI=1S/C24H27N3O6S2/c1-16-15-34-21-10-9-19(35(31,32)26-11-3-4-12-26)13-20(21)27(23(16)29)14-22(28)25-18-7-5-17(6-8-18)24(30)33-2/h5-10,13,16H,3-4,11-12,14-15H2,1-2H3,(H,25,28). The number of nitrogens with zero attached hydrogens (tertiary/aromatic N) is 2. The van der Waals surface area contributed by atoms with Crippen LogP contribution < -0.4 is 10.2 Å². The van der Waals surface area contributed by atoms with Gasteiger partial charge in [0.05, 0.1) is 23.3 Å². The number of esters is 1. The molecule has 0 aliphatic carbocycles. The molecule has 0 saturated carbocycles. The van der Waals surface area contributed by atoms with E-state index in [0.29, 0.717) is 35.8 Å². The molecule has 1 unspecified atom stereocenters. The van der Waals surface area contributed by atoms with Gasteiger partial charge in [-0.2, -0.15) is 4.31 Å². The maximum absolute atomic E-state index is 13.2. The molecule has 0 aromatic heterocycles. The van der Waals surface area contributed by atoms with Crippen molar-refractivity contribution in [1.29, 1.82) is 0 Å². The van der Waals surface area contributed by atoms with Crippen LogP contribution in [0.25, 0.3) is 0 Å². The van der Waals surface area contributed by atoms with Gasteiger partial charge in [0.2, 0.25) is 21.8 Å². The van der Waals surface area contributed by atoms with E-state index in [1.165, 1.54) is 46.3 Å². The summed E-state index contributed by atoms with van der Waals surface area (Å²) in [4.78, 5) is 39.9. The van der Waals surface area contributed by atoms with E-state index in [4.69, 9.17) is 0 Å². The summed E-state index contributed by atoms with van der Waals surface area (Å²) in [6.07, 6.45) is 1.64. The molecule has 35 heavy (non-hydrogen) atoms. The highest BCUT2D eigenvalue weighted by atomic mass is 32.2. The van der Waals surface area contributed by atoms with E-state index in [1.807, 2.05) is 0 Å². The van der Waals surface area contributed by atoms with Gasteiger partial charge in [0, 0.05) is 35.3 Å². The van der Waals surface area contributed by atoms with Gasteiger partial charge in [-0.3, -0.25) is 9.59 Å². The van der Waals surface area contributed by atoms with Gasteiger partial charge in [-0.05, 0) is 55.3 Å². The second kappa shape index (κ2) is 10.4. The Kier molecular flexibility index (Phi) is 7.48. The topological polar surface area (TPSA) is 113 Å². The fourth-order valence-corrected chi connectivity index (χ4v) is 6.64. The first-order chi connectivity index (χ1) is 16.7. The summed E-state index contributed by atoms with van der Waals surface area (Å²) < 4.78 is 32.4. The predicted octanol–water partition coefficient (Wildman–Crippen LogP) is 2.97. The Morgan fingerprint density at radius 3 is 2.46 bits per heavy atom. The van der Waals surface area contributed by atoms with Crippen molar-refractivity contribution in [3.63, 3.8) is 0 Å². The molecule has 2 amide bonds. The van der Waals surface area contributed by atoms with Crippen molar-refractivity contribution in [3.05, 3.63) is 48.0 Å². The van der Waals surface area contributed by atoms with Gasteiger partial charge in [0.25, 0.3) is 0 Å². The van der Waals surface area contributed by atoms with Gasteiger partial charge >= 0.3 is 5.97 Å². The SMILES string of the molecule is COC(=O)c1ccc(NC(=O)CN2C(=O)C(C)CSc3ccc(S(=O)(=O)N4CCCC4)cc32)cc1. The Bertz CT molecular complexity index is 1240. The zero-order chi connectivity index (χ0) is 25.2. The Morgan fingerprint density at radius 1 is 1.11 bits per heavy atom. The van der Waals surface area contributed by atoms with Crippen LogP contribution in [-0.4, -0.2) is 63.0 Å². The normalized spacial score (nSPS) is 18.6. The fraction of sp³-hybridized carbons (Fsp3) is 0.375. The molecule has 4 rings (SSSR count). The lowest BCUT2D eigenvalue weighted by atomic mass is 10.1. The third-order valence-corrected chi connectivity index (χ3v) is 9.21. The third kappa shape index (κ3) is 5.36. The summed E-state index contributed by atoms with van der Waals surface area (Å²) in [7, 11) is -2.39. The van der Waals surface area contributed by atoms with Gasteiger partial charge in [0.1, 0.15) is 6.54 Å². The summed E-state index contributed by atoms with van der Waals surface area (Å²) in [5.74, 6) is -0.999. The number of rotatable bonds is 6. The summed E-state index contributed by atoms with van der Waals surface area (Å²) in [5.41, 5.74) is 1.22. The zero-order valence-corrected chi connectivity index (χ0v) is 21.2. The molecule has 1 saturated heterocycles. The Morgan fingerprint density at radius 2 is 1.80 bits per heavy atom. The third-order valence-electron chi connectivity index (χ3n) is 5.99. The van der Waals surface area contributed by atoms with Crippen LogP contribution >= 0.6 is 11.8 Å². The van der Waals surface area contributed by atoms with Crippen LogP contribution in [0.5, 0.6) is 0 Å². The largest absolute Gasteiger partial charge is 0.465 e. The van der Waals surface area contributed by atoms with E-state index >= 15 is 0 Å². The van der Waals surface area contributed by atoms with Crippen molar-refractivity contribution in [3.8, 4) is 0 Å². The van der Waals surface area contributed by atoms with Crippen molar-refractivity contribution in [2.24, 2.45) is 5.92 Å². The van der Waals surface area contributed by atoms with E-state index in [-0.39, 0.29) is 23.3 Å². The number of ether oxygens (including phenoxy) is 1. The van der Waals surface area contributed by atoms with Crippen LogP contribution in [0.3, 0.4) is 0 Å². The maximum Gasteiger partial charge on any atom is 0.337 e. The smallest absolute Gasteiger partial charge is 0.337 e. The predicted molar refractivity (Wildman–Crippen MR) is 133 cm³/mol. The number of hydrogen-bond donors (Lipinski definition) is 1. The van der Waals surface area contributed by atoms with Crippen LogP contribution in [0.15, 0.2) is 52.3 Å². The first kappa shape index (κ1) is 25.2. The average Bonchev–Trinajstić information content (AvgIpc) is 3.38. The molecule has 1 N–H and O–H groups in total. The Hall–Kier alpha value is -2.89. The molecule has 2 aliphatic rings. The fourth-order valence-electron chi connectivity index (χ4n) is 4.05. The molecular formula is C24H27N3O6S2. The van der Waals surface area contributed by atoms with E-state index in [0.717, 1.165) is 17.7 Å². The number of carbonyl (C=O) groups excluding carboxylic acids is 3. The number of thioether (sulfide) groups is 1. The van der Waals surface area contributed by atoms with E-state index in [2.05, 4.69) is 10.1 Å². The molecule has 1 atom stereocenters. The molecule has 186 valence electrons. The van der Waals surface area contributed by atoms with E-state index in [9.17, 15) is 22.8 Å². The van der Waals surface area contributed by atoms with Crippen LogP contribution in [-0.2, 0) is 24.3 Å². The van der Waals surface area contributed by atoms with Gasteiger partial charge in [-0.25, -0.2) is 13.2 Å². The molecule has 0 radical (unpaired) electrons. The number of hydrogen-bond acceptors (Lipinski definition) is 7. The highest BCUT2D eigenvalue weighted by Crippen LogP contribution is 2.38. The zero-order valence-electron chi connectivity index (χ0n) is 19.5. The lowest BCUT2D eigenvalue weighted by Gasteiger charge is -2.25. The molecule has 0 spiro atoms. The van der Waals surface area contributed by atoms with Gasteiger partial charge in [-0.1, -0.05) is 6.92 Å². The highest BCUT2D eigenvalue weighted by molar-refractivity contribution is 7.99. The lowest BCUT2D eigenvalue weighted by molar-refractivity contribution is -0.123. The monoisotopic (exact) mass is 517 g/mol. The molecular weight excluding hydrogens is 490 g/mol. The van der Waals surface area contributed by atoms with Gasteiger partial charge in [0.15, 0.2) is 0 Å². The number of benzene rings is 2. The number of fused-ring (bicyclic) bond motifs is 1. The molecule has 2 heterocycles. The minimum absolute atomic E-state index is 0.116. The number of nitrogens with one attached hydrogen (secondary N) is 1. The first-order valence-corrected chi connectivity index (χ1v) is 13.7. The molecule has 2 aromatic carbocycles. The molecule has 2 aliphatic heterocycles. The Balaban J connectivity index is 1.59. The summed E-state index contributed by atoms with van der Waals surface area (Å²) in [6, 6.07) is 11.0. The highest BCUT2D eigenvalue weighted by Gasteiger charge is 2.33. The van der Waals surface area contributed by atoms with Crippen LogP contribution in [0, 0.1) is 5.92 Å². The summed E-state index contributed by atoms with van der Waals surface area (Å²) >= 11 is 1.47. The second-order valence-corrected chi connectivity index (χ2v) is 11.5. The van der Waals surface area contributed by atoms with E-state index in [1.54, 1.807) is 31.2 Å². The minimum atomic E-state index is -3.68. The van der Waals surface area contributed by atoms with Crippen molar-refractivity contribution in [2.45, 2.75) is 29.6 Å². The number of amides is 2. The molecule has 2 aromatic rings. The van der Waals surface area contributed by atoms with Crippen molar-refractivity contribution in [2.75, 3.05) is 42.7 Å². The first-order valence-electron chi connectivity index (χ1n) is 11.3. The molecule has 1 fully saturated rings. The number of carbonyl (C=O) groups is 3. The van der Waals surface area contributed by atoms with Crippen LogP contribution in [0.1, 0.15) is 30.1 Å². The second-order valence-electron chi connectivity index (χ2n) is 8.49. The summed E-state index contributed by atoms with van der Waals surface area (Å²) in [6.45, 7) is 2.47. The minimum Gasteiger partial charge on any atom is -0.465 e. The van der Waals surface area contributed by atoms with Crippen molar-refractivity contribution in [1.82, 2.24) is 4.31 Å². The van der Waals surface area contributed by atoms with E-state index < -0.39 is 21.9 Å². The van der Waals surface area contributed by atoms with Crippen molar-refractivity contribution < 1.29 is 27.5 Å². The number of sulfonamides is 1. The Labute approximate surface area is 208 Å². The molecule has 11 heteroatoms. The number of anilines is 2. The molecule has 0 bridgehead atoms. The van der Waals surface area contributed by atoms with Crippen LogP contribution in [0.2, 0.25) is 0 Å². The molecule has 9 nitrogen and oxygen atoms in total.